The maximum atomic E-state index is 5.51. The topological polar surface area (TPSA) is 56.5 Å². The fourth-order valence-electron chi connectivity index (χ4n) is 1.99. The van der Waals surface area contributed by atoms with Gasteiger partial charge in [-0.05, 0) is 12.3 Å². The molecule has 0 heterocycles. The zero-order valence-electron chi connectivity index (χ0n) is 11.4. The van der Waals surface area contributed by atoms with Crippen molar-refractivity contribution in [2.45, 2.75) is 38.1 Å². The standard InChI is InChI=1S/C11H28N2O2Si/c1-5-10(13-7-6-12)9(2)8-11(16,14-3)15-4/h9-10,13H,5-8,12H2,1-4,16H3. The van der Waals surface area contributed by atoms with E-state index in [-0.39, 0.29) is 5.41 Å². The first-order valence-corrected chi connectivity index (χ1v) is 7.06. The third-order valence-corrected chi connectivity index (χ3v) is 4.46. The third-order valence-electron chi connectivity index (χ3n) is 3.23. The van der Waals surface area contributed by atoms with Crippen molar-refractivity contribution in [1.82, 2.24) is 5.32 Å². The largest absolute Gasteiger partial charge is 0.358 e. The minimum absolute atomic E-state index is 0.350. The van der Waals surface area contributed by atoms with E-state index in [9.17, 15) is 0 Å². The molecule has 4 nitrogen and oxygen atoms in total. The van der Waals surface area contributed by atoms with Crippen LogP contribution >= 0.6 is 0 Å². The predicted molar refractivity (Wildman–Crippen MR) is 71.6 cm³/mol. The Morgan fingerprint density at radius 3 is 2.31 bits per heavy atom. The van der Waals surface area contributed by atoms with Crippen molar-refractivity contribution >= 4 is 10.2 Å². The third kappa shape index (κ3) is 5.40. The van der Waals surface area contributed by atoms with Crippen LogP contribution < -0.4 is 11.1 Å². The van der Waals surface area contributed by atoms with Gasteiger partial charge in [-0.15, -0.1) is 0 Å². The fraction of sp³-hybridized carbons (Fsp3) is 1.00. The Labute approximate surface area is 103 Å². The minimum atomic E-state index is -0.350. The second kappa shape index (κ2) is 8.19. The van der Waals surface area contributed by atoms with E-state index in [4.69, 9.17) is 15.2 Å². The summed E-state index contributed by atoms with van der Waals surface area (Å²) >= 11 is 0. The quantitative estimate of drug-likeness (QED) is 0.433. The highest BCUT2D eigenvalue weighted by atomic mass is 28.1. The van der Waals surface area contributed by atoms with E-state index in [2.05, 4.69) is 19.2 Å². The molecule has 0 aromatic heterocycles. The lowest BCUT2D eigenvalue weighted by atomic mass is 9.95. The average Bonchev–Trinajstić information content (AvgIpc) is 2.29. The van der Waals surface area contributed by atoms with Gasteiger partial charge in [0.2, 0.25) is 0 Å². The molecule has 0 rings (SSSR count). The normalized spacial score (nSPS) is 16.3. The molecule has 0 amide bonds. The van der Waals surface area contributed by atoms with E-state index >= 15 is 0 Å². The summed E-state index contributed by atoms with van der Waals surface area (Å²) in [4.78, 5) is 0. The second-order valence-electron chi connectivity index (χ2n) is 4.48. The molecule has 0 spiro atoms. The number of nitrogens with two attached hydrogens (primary N) is 1. The van der Waals surface area contributed by atoms with Gasteiger partial charge in [-0.25, -0.2) is 0 Å². The first-order valence-electron chi connectivity index (χ1n) is 6.06. The second-order valence-corrected chi connectivity index (χ2v) is 6.00. The van der Waals surface area contributed by atoms with Gasteiger partial charge >= 0.3 is 0 Å². The SMILES string of the molecule is CCC(NCCN)C(C)CC([SiH3])(OC)OC. The van der Waals surface area contributed by atoms with Gasteiger partial charge in [0.25, 0.3) is 0 Å². The molecule has 16 heavy (non-hydrogen) atoms. The van der Waals surface area contributed by atoms with Gasteiger partial charge in [0.15, 0.2) is 0 Å². The highest BCUT2D eigenvalue weighted by molar-refractivity contribution is 6.13. The van der Waals surface area contributed by atoms with Crippen molar-refractivity contribution in [3.05, 3.63) is 0 Å². The number of hydrogen-bond donors (Lipinski definition) is 2. The summed E-state index contributed by atoms with van der Waals surface area (Å²) in [6.07, 6.45) is 2.04. The van der Waals surface area contributed by atoms with Gasteiger partial charge < -0.3 is 20.5 Å². The van der Waals surface area contributed by atoms with Crippen LogP contribution in [0.25, 0.3) is 0 Å². The Kier molecular flexibility index (Phi) is 8.22. The van der Waals surface area contributed by atoms with Crippen molar-refractivity contribution in [3.63, 3.8) is 0 Å². The highest BCUT2D eigenvalue weighted by Gasteiger charge is 2.28. The van der Waals surface area contributed by atoms with Crippen molar-refractivity contribution < 1.29 is 9.47 Å². The Morgan fingerprint density at radius 1 is 1.38 bits per heavy atom. The summed E-state index contributed by atoms with van der Waals surface area (Å²) in [5, 5.41) is 3.47. The van der Waals surface area contributed by atoms with E-state index in [1.807, 2.05) is 0 Å². The zero-order chi connectivity index (χ0) is 12.6. The molecule has 0 radical (unpaired) electrons. The summed E-state index contributed by atoms with van der Waals surface area (Å²) in [7, 11) is 4.31. The smallest absolute Gasteiger partial charge is 0.141 e. The van der Waals surface area contributed by atoms with E-state index in [0.717, 1.165) is 29.6 Å². The maximum absolute atomic E-state index is 5.51. The monoisotopic (exact) mass is 248 g/mol. The molecule has 0 saturated heterocycles. The molecule has 98 valence electrons. The molecule has 0 aliphatic carbocycles. The Bertz CT molecular complexity index is 177. The molecule has 0 fully saturated rings. The predicted octanol–water partition coefficient (Wildman–Crippen LogP) is -0.349. The van der Waals surface area contributed by atoms with Gasteiger partial charge in [-0.1, -0.05) is 13.8 Å². The zero-order valence-corrected chi connectivity index (χ0v) is 13.4. The average molecular weight is 248 g/mol. The van der Waals surface area contributed by atoms with E-state index in [1.165, 1.54) is 0 Å². The summed E-state index contributed by atoms with van der Waals surface area (Å²) in [6.45, 7) is 5.99. The van der Waals surface area contributed by atoms with Crippen molar-refractivity contribution in [1.29, 1.82) is 0 Å². The first-order chi connectivity index (χ1) is 7.52. The molecule has 0 aliphatic heterocycles. The van der Waals surface area contributed by atoms with Crippen LogP contribution in [0, 0.1) is 5.92 Å². The van der Waals surface area contributed by atoms with Crippen LogP contribution in [0.3, 0.4) is 0 Å². The number of methoxy groups -OCH3 is 2. The van der Waals surface area contributed by atoms with E-state index in [1.54, 1.807) is 14.2 Å². The lowest BCUT2D eigenvalue weighted by Gasteiger charge is -2.33. The number of nitrogens with one attached hydrogen (secondary N) is 1. The summed E-state index contributed by atoms with van der Waals surface area (Å²) in [5.74, 6) is 0.522. The van der Waals surface area contributed by atoms with Gasteiger partial charge in [0, 0.05) is 39.8 Å². The fourth-order valence-corrected chi connectivity index (χ4v) is 2.64. The van der Waals surface area contributed by atoms with E-state index < -0.39 is 0 Å². The van der Waals surface area contributed by atoms with Crippen molar-refractivity contribution in [2.75, 3.05) is 27.3 Å². The van der Waals surface area contributed by atoms with Gasteiger partial charge in [0.05, 0.1) is 10.2 Å². The van der Waals surface area contributed by atoms with Crippen LogP contribution in [0.5, 0.6) is 0 Å². The Morgan fingerprint density at radius 2 is 1.94 bits per heavy atom. The number of rotatable bonds is 9. The molecule has 3 N–H and O–H groups in total. The number of ether oxygens (including phenoxy) is 2. The van der Waals surface area contributed by atoms with Crippen LogP contribution in [0.1, 0.15) is 26.7 Å². The van der Waals surface area contributed by atoms with Crippen LogP contribution in [0.4, 0.5) is 0 Å². The molecular weight excluding hydrogens is 220 g/mol. The first kappa shape index (κ1) is 16.1. The highest BCUT2D eigenvalue weighted by Crippen LogP contribution is 2.21. The molecule has 2 unspecified atom stereocenters. The molecule has 0 aromatic rings. The van der Waals surface area contributed by atoms with Crippen LogP contribution in [0.15, 0.2) is 0 Å². The summed E-state index contributed by atoms with van der Waals surface area (Å²) in [5.41, 5.74) is 5.16. The molecule has 2 atom stereocenters. The lowest BCUT2D eigenvalue weighted by molar-refractivity contribution is -0.154. The molecule has 0 aromatic carbocycles. The Balaban J connectivity index is 4.23. The number of hydrogen-bond acceptors (Lipinski definition) is 4. The Hall–Kier alpha value is 0.0569. The van der Waals surface area contributed by atoms with Crippen molar-refractivity contribution in [2.24, 2.45) is 11.7 Å². The maximum Gasteiger partial charge on any atom is 0.141 e. The summed E-state index contributed by atoms with van der Waals surface area (Å²) in [6, 6.07) is 0.488. The van der Waals surface area contributed by atoms with Crippen molar-refractivity contribution in [3.8, 4) is 0 Å². The minimum Gasteiger partial charge on any atom is -0.358 e. The van der Waals surface area contributed by atoms with Gasteiger partial charge in [0.1, 0.15) is 5.41 Å². The molecular formula is C11H28N2O2Si. The van der Waals surface area contributed by atoms with Gasteiger partial charge in [-0.3, -0.25) is 0 Å². The van der Waals surface area contributed by atoms with Crippen LogP contribution in [-0.2, 0) is 9.47 Å². The molecule has 0 saturated carbocycles. The lowest BCUT2D eigenvalue weighted by Crippen LogP contribution is -2.43. The van der Waals surface area contributed by atoms with Gasteiger partial charge in [-0.2, -0.15) is 0 Å². The van der Waals surface area contributed by atoms with E-state index in [0.29, 0.717) is 18.5 Å². The molecule has 0 aliphatic rings. The molecule has 5 heteroatoms. The van der Waals surface area contributed by atoms with Crippen LogP contribution in [-0.4, -0.2) is 49.0 Å². The van der Waals surface area contributed by atoms with Crippen LogP contribution in [0.2, 0.25) is 0 Å². The summed E-state index contributed by atoms with van der Waals surface area (Å²) < 4.78 is 10.9. The molecule has 0 bridgehead atoms.